The lowest BCUT2D eigenvalue weighted by Crippen LogP contribution is -2.62. The monoisotopic (exact) mass is 462 g/mol. The number of piperidine rings is 1. The van der Waals surface area contributed by atoms with Crippen molar-refractivity contribution in [1.82, 2.24) is 20.4 Å². The van der Waals surface area contributed by atoms with E-state index in [-0.39, 0.29) is 11.1 Å². The molecule has 0 spiro atoms. The van der Waals surface area contributed by atoms with Gasteiger partial charge in [-0.25, -0.2) is 0 Å². The summed E-state index contributed by atoms with van der Waals surface area (Å²) in [6.45, 7) is 15.6. The highest BCUT2D eigenvalue weighted by molar-refractivity contribution is 7.80. The molecule has 0 aliphatic carbocycles. The average Bonchev–Trinajstić information content (AvgIpc) is 2.71. The van der Waals surface area contributed by atoms with Crippen LogP contribution in [0.15, 0.2) is 24.3 Å². The van der Waals surface area contributed by atoms with Crippen molar-refractivity contribution in [3.63, 3.8) is 0 Å². The number of thiocarbonyl (C=S) groups is 1. The largest absolute Gasteiger partial charge is 0.497 e. The van der Waals surface area contributed by atoms with E-state index in [0.717, 1.165) is 76.1 Å². The Morgan fingerprint density at radius 3 is 2.56 bits per heavy atom. The molecule has 6 nitrogen and oxygen atoms in total. The van der Waals surface area contributed by atoms with Crippen molar-refractivity contribution in [2.75, 3.05) is 46.5 Å². The molecule has 0 radical (unpaired) electrons. The summed E-state index contributed by atoms with van der Waals surface area (Å²) >= 11 is 5.97. The van der Waals surface area contributed by atoms with E-state index in [9.17, 15) is 0 Å². The lowest BCUT2D eigenvalue weighted by molar-refractivity contribution is 0.0367. The van der Waals surface area contributed by atoms with Gasteiger partial charge in [0.2, 0.25) is 0 Å². The van der Waals surface area contributed by atoms with E-state index in [0.29, 0.717) is 6.04 Å². The molecule has 2 N–H and O–H groups in total. The maximum atomic E-state index is 5.97. The Hall–Kier alpha value is -1.41. The molecule has 2 saturated heterocycles. The summed E-state index contributed by atoms with van der Waals surface area (Å²) in [4.78, 5) is 4.81. The van der Waals surface area contributed by atoms with Gasteiger partial charge in [-0.05, 0) is 76.9 Å². The number of nitrogens with one attached hydrogen (secondary N) is 2. The first-order chi connectivity index (χ1) is 15.2. The summed E-state index contributed by atoms with van der Waals surface area (Å²) in [7, 11) is 1.71. The number of benzene rings is 1. The van der Waals surface area contributed by atoms with E-state index >= 15 is 0 Å². The predicted molar refractivity (Wildman–Crippen MR) is 135 cm³/mol. The molecule has 0 atom stereocenters. The van der Waals surface area contributed by atoms with Gasteiger partial charge >= 0.3 is 0 Å². The maximum absolute atomic E-state index is 5.97. The van der Waals surface area contributed by atoms with Crippen LogP contribution >= 0.6 is 12.2 Å². The summed E-state index contributed by atoms with van der Waals surface area (Å²) in [5.74, 6) is 0.886. The number of hydrogen-bond donors (Lipinski definition) is 2. The zero-order valence-corrected chi connectivity index (χ0v) is 21.4. The van der Waals surface area contributed by atoms with Gasteiger partial charge in [0.15, 0.2) is 5.11 Å². The van der Waals surface area contributed by atoms with Gasteiger partial charge in [0.1, 0.15) is 5.75 Å². The van der Waals surface area contributed by atoms with E-state index in [1.807, 2.05) is 12.1 Å². The van der Waals surface area contributed by atoms with Crippen LogP contribution in [0.2, 0.25) is 0 Å². The average molecular weight is 463 g/mol. The highest BCUT2D eigenvalue weighted by Gasteiger charge is 2.38. The molecule has 0 saturated carbocycles. The first-order valence-electron chi connectivity index (χ1n) is 11.9. The van der Waals surface area contributed by atoms with Crippen LogP contribution in [-0.4, -0.2) is 78.5 Å². The zero-order valence-electron chi connectivity index (χ0n) is 20.6. The van der Waals surface area contributed by atoms with E-state index in [1.165, 1.54) is 5.56 Å². The number of hydrogen-bond acceptors (Lipinski definition) is 5. The Morgan fingerprint density at radius 2 is 1.91 bits per heavy atom. The molecule has 2 aliphatic rings. The molecule has 0 aromatic heterocycles. The highest BCUT2D eigenvalue weighted by atomic mass is 32.1. The van der Waals surface area contributed by atoms with Crippen LogP contribution in [0.3, 0.4) is 0 Å². The van der Waals surface area contributed by atoms with Crippen molar-refractivity contribution < 1.29 is 9.47 Å². The minimum atomic E-state index is 0.0863. The molecule has 1 aromatic carbocycles. The number of rotatable bonds is 8. The van der Waals surface area contributed by atoms with E-state index in [4.69, 9.17) is 21.7 Å². The number of nitrogens with zero attached hydrogens (tertiary/aromatic N) is 2. The molecule has 7 heteroatoms. The second-order valence-corrected chi connectivity index (χ2v) is 10.9. The van der Waals surface area contributed by atoms with Crippen molar-refractivity contribution in [3.05, 3.63) is 29.8 Å². The number of ether oxygens (including phenoxy) is 2. The Labute approximate surface area is 200 Å². The second kappa shape index (κ2) is 11.1. The molecule has 0 bridgehead atoms. The van der Waals surface area contributed by atoms with Gasteiger partial charge in [-0.15, -0.1) is 0 Å². The van der Waals surface area contributed by atoms with Crippen LogP contribution in [-0.2, 0) is 11.3 Å². The SMILES string of the molecule is COc1cccc(CN(CCCN2CCOCC2)C(=S)NC2CC(C)(C)NC(C)(C)C2)c1. The minimum Gasteiger partial charge on any atom is -0.497 e. The van der Waals surface area contributed by atoms with Gasteiger partial charge in [-0.2, -0.15) is 0 Å². The van der Waals surface area contributed by atoms with Gasteiger partial charge in [-0.1, -0.05) is 12.1 Å². The minimum absolute atomic E-state index is 0.0863. The molecular weight excluding hydrogens is 420 g/mol. The van der Waals surface area contributed by atoms with Gasteiger partial charge in [0, 0.05) is 49.8 Å². The van der Waals surface area contributed by atoms with Gasteiger partial charge in [0.25, 0.3) is 0 Å². The normalized spacial score (nSPS) is 21.2. The summed E-state index contributed by atoms with van der Waals surface area (Å²) in [5.41, 5.74) is 1.39. The maximum Gasteiger partial charge on any atom is 0.169 e. The summed E-state index contributed by atoms with van der Waals surface area (Å²) < 4.78 is 10.9. The van der Waals surface area contributed by atoms with Crippen molar-refractivity contribution in [1.29, 1.82) is 0 Å². The predicted octanol–water partition coefficient (Wildman–Crippen LogP) is 3.40. The topological polar surface area (TPSA) is 49.0 Å². The first kappa shape index (κ1) is 25.2. The van der Waals surface area contributed by atoms with Crippen molar-refractivity contribution in [3.8, 4) is 5.75 Å². The van der Waals surface area contributed by atoms with Crippen molar-refractivity contribution in [2.24, 2.45) is 0 Å². The fraction of sp³-hybridized carbons (Fsp3) is 0.720. The van der Waals surface area contributed by atoms with Crippen molar-refractivity contribution >= 4 is 17.3 Å². The van der Waals surface area contributed by atoms with Crippen molar-refractivity contribution in [2.45, 2.75) is 70.6 Å². The molecule has 180 valence electrons. The summed E-state index contributed by atoms with van der Waals surface area (Å²) in [5, 5.41) is 8.34. The van der Waals surface area contributed by atoms with E-state index in [2.05, 4.69) is 60.3 Å². The first-order valence-corrected chi connectivity index (χ1v) is 12.3. The Kier molecular flexibility index (Phi) is 8.78. The molecule has 0 amide bonds. The molecule has 2 fully saturated rings. The van der Waals surface area contributed by atoms with Crippen LogP contribution in [0.4, 0.5) is 0 Å². The number of morpholine rings is 1. The Bertz CT molecular complexity index is 733. The zero-order chi connectivity index (χ0) is 23.2. The lowest BCUT2D eigenvalue weighted by Gasteiger charge is -2.47. The second-order valence-electron chi connectivity index (χ2n) is 10.5. The number of methoxy groups -OCH3 is 1. The quantitative estimate of drug-likeness (QED) is 0.574. The molecule has 3 rings (SSSR count). The third-order valence-electron chi connectivity index (χ3n) is 6.32. The molecule has 2 heterocycles. The van der Waals surface area contributed by atoms with Crippen LogP contribution < -0.4 is 15.4 Å². The van der Waals surface area contributed by atoms with Gasteiger partial charge < -0.3 is 25.0 Å². The van der Waals surface area contributed by atoms with Gasteiger partial charge in [-0.3, -0.25) is 4.90 Å². The third-order valence-corrected chi connectivity index (χ3v) is 6.69. The Balaban J connectivity index is 1.64. The Morgan fingerprint density at radius 1 is 1.22 bits per heavy atom. The third kappa shape index (κ3) is 7.87. The van der Waals surface area contributed by atoms with E-state index < -0.39 is 0 Å². The van der Waals surface area contributed by atoms with Crippen LogP contribution in [0, 0.1) is 0 Å². The van der Waals surface area contributed by atoms with Crippen LogP contribution in [0.1, 0.15) is 52.5 Å². The summed E-state index contributed by atoms with van der Waals surface area (Å²) in [6.07, 6.45) is 3.18. The summed E-state index contributed by atoms with van der Waals surface area (Å²) in [6, 6.07) is 8.66. The molecule has 32 heavy (non-hydrogen) atoms. The molecule has 2 aliphatic heterocycles. The van der Waals surface area contributed by atoms with Crippen LogP contribution in [0.25, 0.3) is 0 Å². The van der Waals surface area contributed by atoms with Gasteiger partial charge in [0.05, 0.1) is 20.3 Å². The molecular formula is C25H42N4O2S. The fourth-order valence-corrected chi connectivity index (χ4v) is 5.57. The lowest BCUT2D eigenvalue weighted by atomic mass is 9.80. The standard InChI is InChI=1S/C25H42N4O2S/c1-24(2)17-21(18-25(3,4)27-24)26-23(32)29(11-7-10-28-12-14-31-15-13-28)19-20-8-6-9-22(16-20)30-5/h6,8-9,16,21,27H,7,10-15,17-19H2,1-5H3,(H,26,32). The smallest absolute Gasteiger partial charge is 0.169 e. The molecule has 1 aromatic rings. The highest BCUT2D eigenvalue weighted by Crippen LogP contribution is 2.28. The molecule has 0 unspecified atom stereocenters. The van der Waals surface area contributed by atoms with Crippen LogP contribution in [0.5, 0.6) is 5.75 Å². The fourth-order valence-electron chi connectivity index (χ4n) is 5.24. The van der Waals surface area contributed by atoms with E-state index in [1.54, 1.807) is 7.11 Å².